The molecule has 6 heteroatoms. The van der Waals surface area contributed by atoms with Gasteiger partial charge in [-0.05, 0) is 24.3 Å². The lowest BCUT2D eigenvalue weighted by atomic mass is 10.3. The summed E-state index contributed by atoms with van der Waals surface area (Å²) in [5, 5.41) is 2.14. The van der Waals surface area contributed by atoms with E-state index in [4.69, 9.17) is 9.97 Å². The van der Waals surface area contributed by atoms with E-state index in [1.165, 1.54) is 11.0 Å². The van der Waals surface area contributed by atoms with Gasteiger partial charge in [-0.1, -0.05) is 47.8 Å². The molecule has 0 unspecified atom stereocenters. The van der Waals surface area contributed by atoms with Gasteiger partial charge >= 0.3 is 0 Å². The van der Waals surface area contributed by atoms with Crippen molar-refractivity contribution in [2.75, 3.05) is 11.5 Å². The third-order valence-corrected chi connectivity index (χ3v) is 6.36. The van der Waals surface area contributed by atoms with E-state index in [1.54, 1.807) is 23.5 Å². The molecule has 2 aromatic carbocycles. The van der Waals surface area contributed by atoms with Gasteiger partial charge in [0.1, 0.15) is 0 Å². The van der Waals surface area contributed by atoms with Crippen molar-refractivity contribution in [3.05, 3.63) is 48.5 Å². The van der Waals surface area contributed by atoms with Crippen LogP contribution < -0.4 is 0 Å². The largest absolute Gasteiger partial charge is 0.322 e. The van der Waals surface area contributed by atoms with E-state index in [-0.39, 0.29) is 0 Å². The Hall–Kier alpha value is -1.92. The maximum atomic E-state index is 4.70. The van der Waals surface area contributed by atoms with Gasteiger partial charge in [-0.2, -0.15) is 0 Å². The van der Waals surface area contributed by atoms with Gasteiger partial charge in [0.25, 0.3) is 0 Å². The minimum absolute atomic E-state index is 1.00. The molecule has 0 radical (unpaired) electrons. The lowest BCUT2D eigenvalue weighted by Gasteiger charge is -2.03. The van der Waals surface area contributed by atoms with Crippen LogP contribution in [0.5, 0.6) is 0 Å². The fraction of sp³-hybridized carbons (Fsp3) is 0.222. The Labute approximate surface area is 149 Å². The van der Waals surface area contributed by atoms with Crippen molar-refractivity contribution in [3.8, 4) is 0 Å². The van der Waals surface area contributed by atoms with Crippen molar-refractivity contribution in [1.29, 1.82) is 0 Å². The summed E-state index contributed by atoms with van der Waals surface area (Å²) >= 11 is 3.60. The first-order chi connectivity index (χ1) is 11.7. The van der Waals surface area contributed by atoms with E-state index in [2.05, 4.69) is 59.6 Å². The predicted octanol–water partition coefficient (Wildman–Crippen LogP) is 4.34. The highest BCUT2D eigenvalue weighted by Gasteiger charge is 2.09. The molecule has 0 aliphatic heterocycles. The first-order valence-electron chi connectivity index (χ1n) is 7.82. The molecule has 4 rings (SSSR count). The van der Waals surface area contributed by atoms with Crippen LogP contribution in [0.25, 0.3) is 22.1 Å². The van der Waals surface area contributed by atoms with E-state index in [0.29, 0.717) is 0 Å². The van der Waals surface area contributed by atoms with Crippen LogP contribution in [0.1, 0.15) is 0 Å². The van der Waals surface area contributed by atoms with Crippen LogP contribution in [0.4, 0.5) is 0 Å². The number of aromatic nitrogens is 4. The van der Waals surface area contributed by atoms with Gasteiger partial charge in [0.15, 0.2) is 10.3 Å². The second-order valence-electron chi connectivity index (χ2n) is 5.58. The monoisotopic (exact) mass is 354 g/mol. The first kappa shape index (κ1) is 15.6. The van der Waals surface area contributed by atoms with Gasteiger partial charge in [0.05, 0.1) is 22.1 Å². The first-order valence-corrected chi connectivity index (χ1v) is 9.79. The lowest BCUT2D eigenvalue weighted by molar-refractivity contribution is 0.813. The summed E-state index contributed by atoms with van der Waals surface area (Å²) in [5.41, 5.74) is 4.49. The second kappa shape index (κ2) is 6.53. The number of benzene rings is 2. The summed E-state index contributed by atoms with van der Waals surface area (Å²) in [7, 11) is 4.16. The molecule has 0 spiro atoms. The fourth-order valence-corrected chi connectivity index (χ4v) is 4.71. The predicted molar refractivity (Wildman–Crippen MR) is 103 cm³/mol. The molecule has 2 aromatic heterocycles. The molecule has 0 aliphatic carbocycles. The molecule has 0 saturated carbocycles. The Balaban J connectivity index is 1.41. The van der Waals surface area contributed by atoms with Gasteiger partial charge in [-0.3, -0.25) is 0 Å². The Morgan fingerprint density at radius 3 is 1.54 bits per heavy atom. The SMILES string of the molecule is Cn1c(SCCSc2nc3ccccc3n2C)nc2ccccc21. The number of thioether (sulfide) groups is 2. The number of para-hydroxylation sites is 4. The third-order valence-electron chi connectivity index (χ3n) is 4.04. The van der Waals surface area contributed by atoms with Gasteiger partial charge < -0.3 is 9.13 Å². The van der Waals surface area contributed by atoms with Gasteiger partial charge in [0, 0.05) is 25.6 Å². The molecule has 24 heavy (non-hydrogen) atoms. The van der Waals surface area contributed by atoms with Crippen LogP contribution in [0.2, 0.25) is 0 Å². The van der Waals surface area contributed by atoms with Crippen molar-refractivity contribution >= 4 is 45.6 Å². The van der Waals surface area contributed by atoms with Crippen LogP contribution in [0.3, 0.4) is 0 Å². The zero-order valence-electron chi connectivity index (χ0n) is 13.6. The highest BCUT2D eigenvalue weighted by molar-refractivity contribution is 8.02. The number of hydrogen-bond donors (Lipinski definition) is 0. The molecule has 0 N–H and O–H groups in total. The van der Waals surface area contributed by atoms with Crippen LogP contribution in [0, 0.1) is 0 Å². The van der Waals surface area contributed by atoms with Crippen LogP contribution in [0.15, 0.2) is 58.8 Å². The van der Waals surface area contributed by atoms with Gasteiger partial charge in [-0.25, -0.2) is 9.97 Å². The number of fused-ring (bicyclic) bond motifs is 2. The molecule has 0 bridgehead atoms. The van der Waals surface area contributed by atoms with Crippen molar-refractivity contribution in [2.24, 2.45) is 14.1 Å². The third kappa shape index (κ3) is 2.80. The topological polar surface area (TPSA) is 35.6 Å². The highest BCUT2D eigenvalue weighted by atomic mass is 32.2. The number of nitrogens with zero attached hydrogens (tertiary/aromatic N) is 4. The minimum atomic E-state index is 1.00. The highest BCUT2D eigenvalue weighted by Crippen LogP contribution is 2.26. The summed E-state index contributed by atoms with van der Waals surface area (Å²) in [4.78, 5) is 9.41. The van der Waals surface area contributed by atoms with Gasteiger partial charge in [0.2, 0.25) is 0 Å². The molecule has 0 aliphatic rings. The summed E-state index contributed by atoms with van der Waals surface area (Å²) in [6, 6.07) is 16.5. The Bertz CT molecular complexity index is 921. The van der Waals surface area contributed by atoms with Crippen molar-refractivity contribution < 1.29 is 0 Å². The van der Waals surface area contributed by atoms with E-state index in [0.717, 1.165) is 32.9 Å². The average Bonchev–Trinajstić information content (AvgIpc) is 3.10. The smallest absolute Gasteiger partial charge is 0.168 e. The van der Waals surface area contributed by atoms with E-state index in [9.17, 15) is 0 Å². The number of aryl methyl sites for hydroxylation is 2. The molecular formula is C18H18N4S2. The molecule has 0 fully saturated rings. The Morgan fingerprint density at radius 2 is 1.12 bits per heavy atom. The summed E-state index contributed by atoms with van der Waals surface area (Å²) < 4.78 is 4.33. The standard InChI is InChI=1S/C18H18N4S2/c1-21-15-9-5-3-7-13(15)19-17(21)23-11-12-24-18-20-14-8-4-6-10-16(14)22(18)2/h3-10H,11-12H2,1-2H3. The van der Waals surface area contributed by atoms with Gasteiger partial charge in [-0.15, -0.1) is 0 Å². The Morgan fingerprint density at radius 1 is 0.708 bits per heavy atom. The van der Waals surface area contributed by atoms with E-state index >= 15 is 0 Å². The van der Waals surface area contributed by atoms with Crippen molar-refractivity contribution in [2.45, 2.75) is 10.3 Å². The maximum Gasteiger partial charge on any atom is 0.168 e. The zero-order chi connectivity index (χ0) is 16.5. The van der Waals surface area contributed by atoms with Crippen LogP contribution >= 0.6 is 23.5 Å². The summed E-state index contributed by atoms with van der Waals surface area (Å²) in [5.74, 6) is 2.01. The van der Waals surface area contributed by atoms with E-state index < -0.39 is 0 Å². The zero-order valence-corrected chi connectivity index (χ0v) is 15.3. The maximum absolute atomic E-state index is 4.70. The molecular weight excluding hydrogens is 336 g/mol. The molecule has 122 valence electrons. The fourth-order valence-electron chi connectivity index (χ4n) is 2.77. The normalized spacial score (nSPS) is 11.6. The molecule has 2 heterocycles. The van der Waals surface area contributed by atoms with Crippen molar-refractivity contribution in [3.63, 3.8) is 0 Å². The molecule has 0 atom stereocenters. The lowest BCUT2D eigenvalue weighted by Crippen LogP contribution is -1.95. The molecule has 0 amide bonds. The molecule has 4 nitrogen and oxygen atoms in total. The van der Waals surface area contributed by atoms with Crippen molar-refractivity contribution in [1.82, 2.24) is 19.1 Å². The summed E-state index contributed by atoms with van der Waals surface area (Å²) in [6.07, 6.45) is 0. The van der Waals surface area contributed by atoms with Crippen LogP contribution in [-0.4, -0.2) is 30.6 Å². The van der Waals surface area contributed by atoms with Crippen LogP contribution in [-0.2, 0) is 14.1 Å². The Kier molecular flexibility index (Phi) is 4.24. The minimum Gasteiger partial charge on any atom is -0.322 e. The quantitative estimate of drug-likeness (QED) is 0.394. The number of rotatable bonds is 5. The number of hydrogen-bond acceptors (Lipinski definition) is 4. The molecule has 4 aromatic rings. The second-order valence-corrected chi connectivity index (χ2v) is 7.71. The average molecular weight is 355 g/mol. The molecule has 0 saturated heterocycles. The summed E-state index contributed by atoms with van der Waals surface area (Å²) in [6.45, 7) is 0. The number of imidazole rings is 2. The van der Waals surface area contributed by atoms with E-state index in [1.807, 2.05) is 12.1 Å².